The van der Waals surface area contributed by atoms with Gasteiger partial charge in [0.2, 0.25) is 11.7 Å². The fraction of sp³-hybridized carbons (Fsp3) is 0.333. The first kappa shape index (κ1) is 17.7. The summed E-state index contributed by atoms with van der Waals surface area (Å²) in [5, 5.41) is 4.14. The second-order valence-electron chi connectivity index (χ2n) is 6.87. The summed E-state index contributed by atoms with van der Waals surface area (Å²) in [6.45, 7) is 2.75. The number of aromatic nitrogens is 2. The van der Waals surface area contributed by atoms with Gasteiger partial charge in [-0.05, 0) is 55.8 Å². The van der Waals surface area contributed by atoms with E-state index in [0.717, 1.165) is 49.4 Å². The maximum Gasteiger partial charge on any atom is 0.230 e. The third kappa shape index (κ3) is 4.17. The Morgan fingerprint density at radius 3 is 2.67 bits per heavy atom. The lowest BCUT2D eigenvalue weighted by atomic mass is 9.96. The normalized spacial score (nSPS) is 15.8. The van der Waals surface area contributed by atoms with Gasteiger partial charge in [-0.15, -0.1) is 0 Å². The van der Waals surface area contributed by atoms with Gasteiger partial charge in [-0.1, -0.05) is 29.4 Å². The van der Waals surface area contributed by atoms with Crippen molar-refractivity contribution in [2.45, 2.75) is 25.3 Å². The van der Waals surface area contributed by atoms with Gasteiger partial charge in [-0.25, -0.2) is 4.39 Å². The van der Waals surface area contributed by atoms with Gasteiger partial charge < -0.3 is 9.26 Å². The van der Waals surface area contributed by atoms with Gasteiger partial charge in [0.1, 0.15) is 11.6 Å². The number of methoxy groups -OCH3 is 1. The lowest BCUT2D eigenvalue weighted by Gasteiger charge is -2.30. The number of hydrogen-bond acceptors (Lipinski definition) is 5. The van der Waals surface area contributed by atoms with E-state index in [4.69, 9.17) is 9.26 Å². The first-order valence-corrected chi connectivity index (χ1v) is 9.16. The van der Waals surface area contributed by atoms with Crippen molar-refractivity contribution in [3.8, 4) is 17.1 Å². The van der Waals surface area contributed by atoms with Crippen LogP contribution in [0.1, 0.15) is 30.2 Å². The van der Waals surface area contributed by atoms with Crippen LogP contribution in [0.4, 0.5) is 4.39 Å². The van der Waals surface area contributed by atoms with Crippen molar-refractivity contribution in [1.82, 2.24) is 15.0 Å². The van der Waals surface area contributed by atoms with Crippen molar-refractivity contribution in [3.63, 3.8) is 0 Å². The second kappa shape index (κ2) is 7.88. The molecule has 1 aliphatic rings. The summed E-state index contributed by atoms with van der Waals surface area (Å²) in [5.41, 5.74) is 2.02. The van der Waals surface area contributed by atoms with E-state index in [1.54, 1.807) is 7.11 Å². The number of nitrogens with zero attached hydrogens (tertiary/aromatic N) is 3. The first-order valence-electron chi connectivity index (χ1n) is 9.16. The SMILES string of the molecule is COc1cccc(-c2noc(C3CCN(Cc4ccc(F)cc4)CC3)n2)c1. The topological polar surface area (TPSA) is 51.4 Å². The number of benzene rings is 2. The standard InChI is InChI=1S/C21H22FN3O2/c1-26-19-4-2-3-17(13-19)20-23-21(27-24-20)16-9-11-25(12-10-16)14-15-5-7-18(22)8-6-15/h2-8,13,16H,9-12,14H2,1H3. The Morgan fingerprint density at radius 1 is 1.15 bits per heavy atom. The molecule has 0 unspecified atom stereocenters. The van der Waals surface area contributed by atoms with Crippen molar-refractivity contribution in [1.29, 1.82) is 0 Å². The van der Waals surface area contributed by atoms with E-state index in [1.807, 2.05) is 36.4 Å². The number of ether oxygens (including phenoxy) is 1. The molecule has 0 amide bonds. The van der Waals surface area contributed by atoms with Crippen molar-refractivity contribution < 1.29 is 13.7 Å². The number of hydrogen-bond donors (Lipinski definition) is 0. The molecular weight excluding hydrogens is 345 g/mol. The van der Waals surface area contributed by atoms with Crippen LogP contribution in [0.3, 0.4) is 0 Å². The van der Waals surface area contributed by atoms with Crippen LogP contribution < -0.4 is 4.74 Å². The molecule has 2 heterocycles. The fourth-order valence-electron chi connectivity index (χ4n) is 3.47. The van der Waals surface area contributed by atoms with Crippen molar-refractivity contribution >= 4 is 0 Å². The largest absolute Gasteiger partial charge is 0.497 e. The van der Waals surface area contributed by atoms with Crippen LogP contribution in [-0.2, 0) is 6.54 Å². The van der Waals surface area contributed by atoms with Crippen LogP contribution in [0, 0.1) is 5.82 Å². The molecule has 0 atom stereocenters. The maximum absolute atomic E-state index is 13.0. The summed E-state index contributed by atoms with van der Waals surface area (Å²) in [4.78, 5) is 6.98. The highest BCUT2D eigenvalue weighted by atomic mass is 19.1. The van der Waals surface area contributed by atoms with Crippen molar-refractivity contribution in [3.05, 3.63) is 65.8 Å². The lowest BCUT2D eigenvalue weighted by molar-refractivity contribution is 0.187. The minimum absolute atomic E-state index is 0.194. The van der Waals surface area contributed by atoms with Crippen LogP contribution in [-0.4, -0.2) is 35.2 Å². The molecule has 0 aliphatic carbocycles. The molecule has 0 spiro atoms. The Bertz CT molecular complexity index is 886. The van der Waals surface area contributed by atoms with Crippen LogP contribution in [0.5, 0.6) is 5.75 Å². The monoisotopic (exact) mass is 367 g/mol. The first-order chi connectivity index (χ1) is 13.2. The quantitative estimate of drug-likeness (QED) is 0.674. The Hall–Kier alpha value is -2.73. The Balaban J connectivity index is 1.37. The number of piperidine rings is 1. The van der Waals surface area contributed by atoms with E-state index in [1.165, 1.54) is 12.1 Å². The van der Waals surface area contributed by atoms with Gasteiger partial charge >= 0.3 is 0 Å². The summed E-state index contributed by atoms with van der Waals surface area (Å²) in [5.74, 6) is 2.15. The summed E-state index contributed by atoms with van der Waals surface area (Å²) >= 11 is 0. The van der Waals surface area contributed by atoms with E-state index in [0.29, 0.717) is 11.7 Å². The molecule has 5 nitrogen and oxygen atoms in total. The van der Waals surface area contributed by atoms with E-state index in [9.17, 15) is 4.39 Å². The molecular formula is C21H22FN3O2. The highest BCUT2D eigenvalue weighted by molar-refractivity contribution is 5.56. The van der Waals surface area contributed by atoms with Gasteiger partial charge in [0, 0.05) is 18.0 Å². The minimum atomic E-state index is -0.194. The third-order valence-electron chi connectivity index (χ3n) is 5.03. The van der Waals surface area contributed by atoms with Gasteiger partial charge in [0.05, 0.1) is 7.11 Å². The molecule has 0 N–H and O–H groups in total. The molecule has 0 radical (unpaired) electrons. The lowest BCUT2D eigenvalue weighted by Crippen LogP contribution is -2.32. The number of likely N-dealkylation sites (tertiary alicyclic amines) is 1. The average Bonchev–Trinajstić information content (AvgIpc) is 3.21. The minimum Gasteiger partial charge on any atom is -0.497 e. The maximum atomic E-state index is 13.0. The van der Waals surface area contributed by atoms with Crippen LogP contribution in [0.15, 0.2) is 53.1 Å². The Labute approximate surface area is 157 Å². The number of rotatable bonds is 5. The Kier molecular flexibility index (Phi) is 5.16. The zero-order valence-corrected chi connectivity index (χ0v) is 15.3. The zero-order chi connectivity index (χ0) is 18.6. The van der Waals surface area contributed by atoms with Gasteiger partial charge in [-0.2, -0.15) is 4.98 Å². The molecule has 1 fully saturated rings. The average molecular weight is 367 g/mol. The third-order valence-corrected chi connectivity index (χ3v) is 5.03. The molecule has 1 aromatic heterocycles. The summed E-state index contributed by atoms with van der Waals surface area (Å²) < 4.78 is 23.8. The smallest absolute Gasteiger partial charge is 0.230 e. The summed E-state index contributed by atoms with van der Waals surface area (Å²) in [6, 6.07) is 14.4. The predicted octanol–water partition coefficient (Wildman–Crippen LogP) is 4.26. The summed E-state index contributed by atoms with van der Waals surface area (Å²) in [7, 11) is 1.64. The molecule has 3 aromatic rings. The van der Waals surface area contributed by atoms with E-state index >= 15 is 0 Å². The summed E-state index contributed by atoms with van der Waals surface area (Å²) in [6.07, 6.45) is 1.95. The second-order valence-corrected chi connectivity index (χ2v) is 6.87. The van der Waals surface area contributed by atoms with Gasteiger partial charge in [0.25, 0.3) is 0 Å². The van der Waals surface area contributed by atoms with Crippen LogP contribution in [0.2, 0.25) is 0 Å². The molecule has 1 saturated heterocycles. The van der Waals surface area contributed by atoms with E-state index in [2.05, 4.69) is 15.0 Å². The molecule has 1 aliphatic heterocycles. The molecule has 0 bridgehead atoms. The van der Waals surface area contributed by atoms with Crippen molar-refractivity contribution in [2.24, 2.45) is 0 Å². The van der Waals surface area contributed by atoms with E-state index < -0.39 is 0 Å². The van der Waals surface area contributed by atoms with Crippen LogP contribution >= 0.6 is 0 Å². The molecule has 27 heavy (non-hydrogen) atoms. The molecule has 6 heteroatoms. The molecule has 2 aromatic carbocycles. The fourth-order valence-corrected chi connectivity index (χ4v) is 3.47. The Morgan fingerprint density at radius 2 is 1.93 bits per heavy atom. The molecule has 140 valence electrons. The molecule has 4 rings (SSSR count). The van der Waals surface area contributed by atoms with Gasteiger partial charge in [0.15, 0.2) is 0 Å². The van der Waals surface area contributed by atoms with Crippen LogP contribution in [0.25, 0.3) is 11.4 Å². The van der Waals surface area contributed by atoms with E-state index in [-0.39, 0.29) is 11.7 Å². The highest BCUT2D eigenvalue weighted by Gasteiger charge is 2.25. The van der Waals surface area contributed by atoms with Gasteiger partial charge in [-0.3, -0.25) is 4.90 Å². The molecule has 0 saturated carbocycles. The highest BCUT2D eigenvalue weighted by Crippen LogP contribution is 2.29. The predicted molar refractivity (Wildman–Crippen MR) is 99.9 cm³/mol. The zero-order valence-electron chi connectivity index (χ0n) is 15.3. The number of halogens is 1. The van der Waals surface area contributed by atoms with Crippen molar-refractivity contribution in [2.75, 3.05) is 20.2 Å².